The molecule has 1 aliphatic carbocycles. The molecule has 1 saturated carbocycles. The summed E-state index contributed by atoms with van der Waals surface area (Å²) in [5.41, 5.74) is 1.50. The van der Waals surface area contributed by atoms with E-state index in [1.807, 2.05) is 0 Å². The van der Waals surface area contributed by atoms with Gasteiger partial charge in [0.2, 0.25) is 0 Å². The van der Waals surface area contributed by atoms with Gasteiger partial charge >= 0.3 is 0 Å². The molecule has 1 aromatic rings. The quantitative estimate of drug-likeness (QED) is 0.702. The highest BCUT2D eigenvalue weighted by Crippen LogP contribution is 2.33. The molecule has 0 radical (unpaired) electrons. The van der Waals surface area contributed by atoms with Crippen LogP contribution in [0, 0.1) is 5.92 Å². The number of unbranched alkanes of at least 4 members (excludes halogenated alkanes) is 1. The molecule has 0 unspecified atom stereocenters. The molecule has 0 aliphatic heterocycles. The fourth-order valence-electron chi connectivity index (χ4n) is 1.81. The second-order valence-corrected chi connectivity index (χ2v) is 4.17. The van der Waals surface area contributed by atoms with Crippen molar-refractivity contribution in [1.29, 1.82) is 0 Å². The fourth-order valence-corrected chi connectivity index (χ4v) is 1.81. The molecule has 1 aliphatic rings. The third-order valence-corrected chi connectivity index (χ3v) is 2.87. The van der Waals surface area contributed by atoms with E-state index in [0.29, 0.717) is 0 Å². The van der Waals surface area contributed by atoms with Gasteiger partial charge in [0, 0.05) is 0 Å². The SMILES string of the molecule is N.c1ccc(CCCCC2CC2)cc1. The maximum absolute atomic E-state index is 2.23. The Morgan fingerprint density at radius 3 is 2.36 bits per heavy atom. The predicted molar refractivity (Wildman–Crippen MR) is 61.7 cm³/mol. The van der Waals surface area contributed by atoms with Gasteiger partial charge in [0.05, 0.1) is 0 Å². The van der Waals surface area contributed by atoms with E-state index < -0.39 is 0 Å². The molecule has 3 N–H and O–H groups in total. The molecule has 0 saturated heterocycles. The number of hydrogen-bond donors (Lipinski definition) is 1. The van der Waals surface area contributed by atoms with E-state index >= 15 is 0 Å². The first-order valence-corrected chi connectivity index (χ1v) is 5.49. The van der Waals surface area contributed by atoms with Crippen molar-refractivity contribution in [3.05, 3.63) is 35.9 Å². The maximum atomic E-state index is 2.23. The summed E-state index contributed by atoms with van der Waals surface area (Å²) >= 11 is 0. The highest BCUT2D eigenvalue weighted by Gasteiger charge is 2.19. The first kappa shape index (κ1) is 11.3. The van der Waals surface area contributed by atoms with Crippen molar-refractivity contribution in [1.82, 2.24) is 6.15 Å². The van der Waals surface area contributed by atoms with Crippen LogP contribution < -0.4 is 6.15 Å². The first-order chi connectivity index (χ1) is 6.45. The minimum Gasteiger partial charge on any atom is -0.344 e. The Balaban J connectivity index is 0.000000980. The summed E-state index contributed by atoms with van der Waals surface area (Å²) < 4.78 is 0. The molecule has 0 amide bonds. The average Bonchev–Trinajstić information content (AvgIpc) is 2.98. The molecule has 0 atom stereocenters. The summed E-state index contributed by atoms with van der Waals surface area (Å²) in [7, 11) is 0. The molecule has 1 fully saturated rings. The van der Waals surface area contributed by atoms with E-state index in [1.165, 1.54) is 44.1 Å². The van der Waals surface area contributed by atoms with Crippen molar-refractivity contribution in [3.8, 4) is 0 Å². The third-order valence-electron chi connectivity index (χ3n) is 2.87. The van der Waals surface area contributed by atoms with Crippen LogP contribution in [0.15, 0.2) is 30.3 Å². The van der Waals surface area contributed by atoms with Crippen molar-refractivity contribution in [2.24, 2.45) is 5.92 Å². The van der Waals surface area contributed by atoms with Crippen LogP contribution in [0.4, 0.5) is 0 Å². The molecule has 0 spiro atoms. The van der Waals surface area contributed by atoms with Gasteiger partial charge in [-0.25, -0.2) is 0 Å². The average molecular weight is 191 g/mol. The van der Waals surface area contributed by atoms with E-state index in [-0.39, 0.29) is 6.15 Å². The summed E-state index contributed by atoms with van der Waals surface area (Å²) in [6.07, 6.45) is 8.57. The summed E-state index contributed by atoms with van der Waals surface area (Å²) in [5.74, 6) is 1.11. The number of hydrogen-bond acceptors (Lipinski definition) is 1. The van der Waals surface area contributed by atoms with Crippen molar-refractivity contribution in [2.45, 2.75) is 38.5 Å². The second-order valence-electron chi connectivity index (χ2n) is 4.17. The highest BCUT2D eigenvalue weighted by molar-refractivity contribution is 5.14. The van der Waals surface area contributed by atoms with Gasteiger partial charge in [-0.05, 0) is 24.3 Å². The van der Waals surface area contributed by atoms with Gasteiger partial charge in [-0.3, -0.25) is 0 Å². The molecule has 0 bridgehead atoms. The molecule has 14 heavy (non-hydrogen) atoms. The van der Waals surface area contributed by atoms with E-state index in [2.05, 4.69) is 30.3 Å². The van der Waals surface area contributed by atoms with E-state index in [9.17, 15) is 0 Å². The minimum absolute atomic E-state index is 0. The first-order valence-electron chi connectivity index (χ1n) is 5.49. The fraction of sp³-hybridized carbons (Fsp3) is 0.538. The van der Waals surface area contributed by atoms with Crippen molar-refractivity contribution >= 4 is 0 Å². The molecule has 1 heteroatoms. The summed E-state index contributed by atoms with van der Waals surface area (Å²) in [4.78, 5) is 0. The van der Waals surface area contributed by atoms with Crippen LogP contribution in [-0.4, -0.2) is 0 Å². The van der Waals surface area contributed by atoms with Crippen molar-refractivity contribution in [3.63, 3.8) is 0 Å². The zero-order valence-corrected chi connectivity index (χ0v) is 8.91. The highest BCUT2D eigenvalue weighted by atomic mass is 14.3. The van der Waals surface area contributed by atoms with Crippen LogP contribution in [0.2, 0.25) is 0 Å². The lowest BCUT2D eigenvalue weighted by atomic mass is 10.1. The predicted octanol–water partition coefficient (Wildman–Crippen LogP) is 3.97. The Morgan fingerprint density at radius 2 is 1.71 bits per heavy atom. The zero-order chi connectivity index (χ0) is 8.93. The number of benzene rings is 1. The van der Waals surface area contributed by atoms with E-state index in [0.717, 1.165) is 5.92 Å². The van der Waals surface area contributed by atoms with Gasteiger partial charge in [-0.15, -0.1) is 0 Å². The summed E-state index contributed by atoms with van der Waals surface area (Å²) in [5, 5.41) is 0. The smallest absolute Gasteiger partial charge is 0.0279 e. The largest absolute Gasteiger partial charge is 0.344 e. The van der Waals surface area contributed by atoms with Crippen LogP contribution in [0.3, 0.4) is 0 Å². The van der Waals surface area contributed by atoms with Gasteiger partial charge < -0.3 is 6.15 Å². The zero-order valence-electron chi connectivity index (χ0n) is 8.91. The molecule has 0 aromatic heterocycles. The third kappa shape index (κ3) is 3.93. The van der Waals surface area contributed by atoms with Crippen molar-refractivity contribution in [2.75, 3.05) is 0 Å². The molecular formula is C13H21N. The Kier molecular flexibility index (Phi) is 4.68. The summed E-state index contributed by atoms with van der Waals surface area (Å²) in [6.45, 7) is 0. The van der Waals surface area contributed by atoms with Gasteiger partial charge in [0.15, 0.2) is 0 Å². The van der Waals surface area contributed by atoms with Crippen LogP contribution in [0.5, 0.6) is 0 Å². The second kappa shape index (κ2) is 5.82. The molecule has 78 valence electrons. The van der Waals surface area contributed by atoms with Crippen LogP contribution >= 0.6 is 0 Å². The molecular weight excluding hydrogens is 170 g/mol. The van der Waals surface area contributed by atoms with Crippen LogP contribution in [0.1, 0.15) is 37.7 Å². The monoisotopic (exact) mass is 191 g/mol. The molecule has 0 heterocycles. The minimum atomic E-state index is 0. The topological polar surface area (TPSA) is 35.0 Å². The number of aryl methyl sites for hydroxylation is 1. The Labute approximate surface area is 87.1 Å². The van der Waals surface area contributed by atoms with Gasteiger partial charge in [-0.2, -0.15) is 0 Å². The van der Waals surface area contributed by atoms with E-state index in [1.54, 1.807) is 0 Å². The molecule has 1 nitrogen and oxygen atoms in total. The Hall–Kier alpha value is -0.820. The lowest BCUT2D eigenvalue weighted by Gasteiger charge is -2.00. The normalized spacial score (nSPS) is 14.9. The maximum Gasteiger partial charge on any atom is -0.0279 e. The van der Waals surface area contributed by atoms with E-state index in [4.69, 9.17) is 0 Å². The van der Waals surface area contributed by atoms with Crippen LogP contribution in [0.25, 0.3) is 0 Å². The molecule has 2 rings (SSSR count). The molecule has 1 aromatic carbocycles. The van der Waals surface area contributed by atoms with Gasteiger partial charge in [0.1, 0.15) is 0 Å². The summed E-state index contributed by atoms with van der Waals surface area (Å²) in [6, 6.07) is 10.8. The lowest BCUT2D eigenvalue weighted by Crippen LogP contribution is -1.85. The van der Waals surface area contributed by atoms with Gasteiger partial charge in [0.25, 0.3) is 0 Å². The van der Waals surface area contributed by atoms with Crippen molar-refractivity contribution < 1.29 is 0 Å². The Morgan fingerprint density at radius 1 is 1.00 bits per heavy atom. The van der Waals surface area contributed by atoms with Crippen LogP contribution in [-0.2, 0) is 6.42 Å². The standard InChI is InChI=1S/C13H18.H3N/c1-2-6-12(7-3-1)8-4-5-9-13-10-11-13;/h1-3,6-7,13H,4-5,8-11H2;1H3. The number of rotatable bonds is 5. The Bertz CT molecular complexity index is 239. The van der Waals surface area contributed by atoms with Gasteiger partial charge in [-0.1, -0.05) is 56.0 Å². The lowest BCUT2D eigenvalue weighted by molar-refractivity contribution is 0.628.